The number of hydrogen-bond donors (Lipinski definition) is 4. The Kier molecular flexibility index (Phi) is 49.8. The summed E-state index contributed by atoms with van der Waals surface area (Å²) in [6, 6.07) is 32.5. The van der Waals surface area contributed by atoms with E-state index in [2.05, 4.69) is 54.4 Å². The van der Waals surface area contributed by atoms with Crippen molar-refractivity contribution in [3.05, 3.63) is 175 Å². The minimum atomic E-state index is -0.828. The zero-order chi connectivity index (χ0) is 71.7. The number of carbonyl (C=O) groups is 7. The van der Waals surface area contributed by atoms with Crippen molar-refractivity contribution in [2.75, 3.05) is 74.9 Å². The summed E-state index contributed by atoms with van der Waals surface area (Å²) in [6.45, 7) is 9.38. The van der Waals surface area contributed by atoms with Crippen molar-refractivity contribution in [2.45, 2.75) is 71.6 Å². The molecule has 0 spiro atoms. The van der Waals surface area contributed by atoms with Crippen molar-refractivity contribution in [2.24, 2.45) is 5.73 Å². The Labute approximate surface area is 788 Å². The molecule has 10 aromatic rings. The Morgan fingerprint density at radius 3 is 1.45 bits per heavy atom. The van der Waals surface area contributed by atoms with E-state index >= 15 is 0 Å². The molecule has 536 valence electrons. The maximum Gasteiger partial charge on any atom is 1.00 e. The number of imide groups is 1. The van der Waals surface area contributed by atoms with E-state index in [-0.39, 0.29) is 239 Å². The third-order valence-electron chi connectivity index (χ3n) is 13.9. The number of rotatable bonds is 20. The second kappa shape index (κ2) is 50.7. The molecule has 0 saturated carbocycles. The van der Waals surface area contributed by atoms with Crippen molar-refractivity contribution in [3.63, 3.8) is 0 Å². The van der Waals surface area contributed by atoms with Crippen molar-refractivity contribution >= 4 is 186 Å². The van der Waals surface area contributed by atoms with Gasteiger partial charge in [-0.25, -0.2) is 4.79 Å². The third-order valence-corrected chi connectivity index (χ3v) is 17.9. The summed E-state index contributed by atoms with van der Waals surface area (Å²) >= 11 is 28.1. The molecule has 0 atom stereocenters. The number of carbonyl (C=O) groups excluding carboxylic acids is 6. The fraction of sp³-hybridized carbons (Fsp3) is 0.310. The number of aliphatic carboxylic acids is 1. The predicted molar refractivity (Wildman–Crippen MR) is 402 cm³/mol. The number of nitrogens with zero attached hydrogens (tertiary/aromatic N) is 5. The number of primary amides is 1. The van der Waals surface area contributed by atoms with Crippen LogP contribution in [0, 0.1) is 0 Å². The molecule has 31 heteroatoms. The second-order valence-corrected chi connectivity index (χ2v) is 28.1. The number of aromatic nitrogens is 2. The number of methoxy groups -OCH3 is 1. The third kappa shape index (κ3) is 32.4. The van der Waals surface area contributed by atoms with E-state index in [9.17, 15) is 33.9 Å². The number of alkyl halides is 1. The molecule has 9 N–H and O–H groups in total. The van der Waals surface area contributed by atoms with Crippen LogP contribution < -0.4 is 217 Å². The van der Waals surface area contributed by atoms with Gasteiger partial charge in [-0.05, 0) is 181 Å². The largest absolute Gasteiger partial charge is 1.00 e. The van der Waals surface area contributed by atoms with Crippen LogP contribution in [0.5, 0.6) is 0 Å². The standard InChI is InChI=1S/C25H22ClN3O2S.C16H20N2O3.C10H8ClNOS.C10H7ClO2S.C5H12ClN.C4H9O.CH2O3.2Cs.K.H3N.H2O.H/c1-28(2)10-5-11-29-13-18(16-6-3-4-7-20(16)29)22-23(25(31)27-24(22)30)19-14-32-21-9-8-15(26)12-17(19)21;1-17(2)9-6-10-18-11-13(15(19)16(20)21-3)12-7-4-5-8-14(12)18;2*11-7-1-2-9-8(4-7)6(5-14-9)3-10(12)13;1-7(2)5-3-4-6;1-4(2,3)5;2-1-4-3;;;;;;/h3-4,6-9,12-14H,5,10-11H2,1-2H3,(H,27,30,31);4-5,7-8,11H,6,9-10H2,1-3H3;1-2,4-5H,3H2,(H2,12,13);1-2,4-5H,3H2,(H,12,13);3-5H2,1-2H3;1-3H3;1,3H;;;;1H3;1H2;/q;;;;;-1;;3*+1;;;-1/p-1. The second-order valence-electron chi connectivity index (χ2n) is 23.6. The van der Waals surface area contributed by atoms with Gasteiger partial charge in [0.25, 0.3) is 24.1 Å². The molecule has 5 aromatic carbocycles. The first-order valence-electron chi connectivity index (χ1n) is 30.3. The van der Waals surface area contributed by atoms with Gasteiger partial charge < -0.3 is 67.7 Å². The molecule has 0 unspecified atom stereocenters. The fourth-order valence-corrected chi connectivity index (χ4v) is 13.3. The number of para-hydroxylation sites is 2. The van der Waals surface area contributed by atoms with E-state index in [1.54, 1.807) is 49.6 Å². The number of halogens is 4. The monoisotopic (exact) mass is 1800 g/mol. The van der Waals surface area contributed by atoms with Crippen molar-refractivity contribution in [1.82, 2.24) is 35.3 Å². The molecule has 5 aromatic heterocycles. The fourth-order valence-electron chi connectivity index (χ4n) is 9.83. The van der Waals surface area contributed by atoms with Gasteiger partial charge in [0.15, 0.2) is 0 Å². The number of carboxylic acid groups (broad SMARTS) is 1. The number of benzene rings is 5. The Morgan fingerprint density at radius 2 is 1.03 bits per heavy atom. The molecule has 21 nitrogen and oxygen atoms in total. The van der Waals surface area contributed by atoms with Crippen LogP contribution in [-0.2, 0) is 64.3 Å². The molecule has 0 fully saturated rings. The van der Waals surface area contributed by atoms with E-state index in [1.807, 2.05) is 152 Å². The molecule has 6 heterocycles. The number of Topliss-reactive ketones (excluding diaryl/α,β-unsaturated/α-hetero) is 1. The van der Waals surface area contributed by atoms with Crippen LogP contribution >= 0.6 is 80.4 Å². The first kappa shape index (κ1) is 100. The number of aryl methyl sites for hydroxylation is 2. The van der Waals surface area contributed by atoms with E-state index < -0.39 is 23.3 Å². The summed E-state index contributed by atoms with van der Waals surface area (Å²) in [4.78, 5) is 88.6. The van der Waals surface area contributed by atoms with Crippen LogP contribution in [0.25, 0.3) is 63.2 Å². The van der Waals surface area contributed by atoms with Crippen LogP contribution in [0.2, 0.25) is 15.1 Å². The number of nitrogens with two attached hydrogens (primary N) is 1. The summed E-state index contributed by atoms with van der Waals surface area (Å²) in [5.41, 5.74) is 11.0. The van der Waals surface area contributed by atoms with Gasteiger partial charge in [-0.15, -0.1) is 51.2 Å². The van der Waals surface area contributed by atoms with Gasteiger partial charge >= 0.3 is 201 Å². The average Bonchev–Trinajstić information content (AvgIpc) is 1.59. The maximum absolute atomic E-state index is 13.0. The van der Waals surface area contributed by atoms with E-state index in [1.165, 1.54) is 18.4 Å². The Hall–Kier alpha value is -1.89. The van der Waals surface area contributed by atoms with Crippen LogP contribution in [0.1, 0.15) is 74.1 Å². The van der Waals surface area contributed by atoms with Gasteiger partial charge in [0, 0.05) is 104 Å². The molecule has 0 saturated heterocycles. The predicted octanol–water partition coefficient (Wildman–Crippen LogP) is 2.96. The SMILES string of the molecule is CC(C)(C)[O-].CN(C)CCCCl.CN(C)CCCn1cc(C2=C(c3csc4ccc(Cl)cc34)C(=O)NC2=O)c2ccccc21.COC(=O)C(=O)c1cn(CCCN(C)C)c2ccccc12.N.NC(=O)Cc1csc2ccc(Cl)cc12.O.O=C(O)Cc1csc2ccc(Cl)cc12.O=CO[O-].[Cs+].[Cs+].[H-].[K+]. The molecule has 0 bridgehead atoms. The van der Waals surface area contributed by atoms with Gasteiger partial charge in [-0.1, -0.05) is 92.0 Å². The molecule has 1 aliphatic heterocycles. The maximum atomic E-state index is 13.0. The van der Waals surface area contributed by atoms with E-state index in [0.717, 1.165) is 132 Å². The minimum absolute atomic E-state index is 0. The molecule has 11 rings (SSSR count). The summed E-state index contributed by atoms with van der Waals surface area (Å²) in [6.07, 6.45) is 7.14. The number of carboxylic acids is 1. The number of thiophene rings is 3. The molecule has 3 amide bonds. The first-order valence-corrected chi connectivity index (χ1v) is 34.6. The van der Waals surface area contributed by atoms with Gasteiger partial charge in [-0.2, -0.15) is 0 Å². The van der Waals surface area contributed by atoms with Crippen molar-refractivity contribution < 1.29 is 255 Å². The van der Waals surface area contributed by atoms with Gasteiger partial charge in [0.05, 0.1) is 36.7 Å². The molecular formula is C71H85Cl4Cs2KN8O13S3. The number of nitrogens with one attached hydrogen (secondary N) is 1. The zero-order valence-electron chi connectivity index (χ0n) is 60.8. The number of esters is 1. The summed E-state index contributed by atoms with van der Waals surface area (Å²) in [5, 5.41) is 42.0. The number of ether oxygens (including phenoxy) is 1. The van der Waals surface area contributed by atoms with E-state index in [4.69, 9.17) is 67.3 Å². The topological polar surface area (TPSA) is 328 Å². The smallest absolute Gasteiger partial charge is 1.00 e. The minimum Gasteiger partial charge on any atom is -1.00 e. The van der Waals surface area contributed by atoms with Gasteiger partial charge in [-0.3, -0.25) is 34.1 Å². The van der Waals surface area contributed by atoms with Gasteiger partial charge in [0.2, 0.25) is 5.91 Å². The molecule has 0 aliphatic carbocycles. The number of amides is 3. The normalized spacial score (nSPS) is 11.2. The van der Waals surface area contributed by atoms with Crippen LogP contribution in [0.15, 0.2) is 132 Å². The number of hydrogen-bond acceptors (Lipinski definition) is 18. The Morgan fingerprint density at radius 1 is 0.637 bits per heavy atom. The van der Waals surface area contributed by atoms with Gasteiger partial charge in [0.1, 0.15) is 0 Å². The van der Waals surface area contributed by atoms with E-state index in [0.29, 0.717) is 31.8 Å². The van der Waals surface area contributed by atoms with Crippen LogP contribution in [0.3, 0.4) is 0 Å². The average molecular weight is 1800 g/mol. The van der Waals surface area contributed by atoms with Crippen molar-refractivity contribution in [3.8, 4) is 0 Å². The Balaban J connectivity index is 0. The number of fused-ring (bicyclic) bond motifs is 5. The summed E-state index contributed by atoms with van der Waals surface area (Å²) in [7, 11) is 13.5. The number of ketones is 1. The molecular weight excluding hydrogens is 1720 g/mol. The van der Waals surface area contributed by atoms with Crippen molar-refractivity contribution in [1.29, 1.82) is 0 Å². The Bertz CT molecular complexity index is 4290. The van der Waals surface area contributed by atoms with Crippen LogP contribution in [0.4, 0.5) is 0 Å². The quantitative estimate of drug-likeness (QED) is 0.00981. The van der Waals surface area contributed by atoms with Crippen LogP contribution in [-0.4, -0.2) is 157 Å². The molecule has 102 heavy (non-hydrogen) atoms. The molecule has 0 radical (unpaired) electrons. The molecule has 1 aliphatic rings. The summed E-state index contributed by atoms with van der Waals surface area (Å²) < 4.78 is 12.0. The first-order chi connectivity index (χ1) is 46.0. The summed E-state index contributed by atoms with van der Waals surface area (Å²) in [5.74, 6) is -2.50. The zero-order valence-corrected chi connectivity index (χ0v) is 80.9.